The van der Waals surface area contributed by atoms with Crippen LogP contribution >= 0.6 is 0 Å². The minimum Gasteiger partial charge on any atom is -0.343 e. The highest BCUT2D eigenvalue weighted by molar-refractivity contribution is 6.00. The Labute approximate surface area is 248 Å². The number of rotatable bonds is 6. The van der Waals surface area contributed by atoms with Crippen molar-refractivity contribution >= 4 is 38.3 Å². The largest absolute Gasteiger partial charge is 0.343 e. The van der Waals surface area contributed by atoms with Gasteiger partial charge in [-0.15, -0.1) is 6.58 Å². The van der Waals surface area contributed by atoms with E-state index in [9.17, 15) is 10.5 Å². The minimum atomic E-state index is 0.0685. The average Bonchev–Trinajstić information content (AvgIpc) is 3.64. The Balaban J connectivity index is 1.37. The minimum absolute atomic E-state index is 0.0685. The molecule has 0 aliphatic rings. The first-order valence-electron chi connectivity index (χ1n) is 14.0. The lowest BCUT2D eigenvalue weighted by molar-refractivity contribution is 0.866. The number of aromatic amines is 1. The van der Waals surface area contributed by atoms with Gasteiger partial charge in [0.05, 0.1) is 11.0 Å². The van der Waals surface area contributed by atoms with E-state index in [0.717, 1.165) is 55.6 Å². The van der Waals surface area contributed by atoms with Crippen molar-refractivity contribution in [1.82, 2.24) is 14.5 Å². The molecule has 0 spiro atoms. The first-order chi connectivity index (χ1) is 21.2. The highest BCUT2D eigenvalue weighted by atomic mass is 15.0. The zero-order valence-electron chi connectivity index (χ0n) is 23.3. The van der Waals surface area contributed by atoms with Crippen LogP contribution in [0.5, 0.6) is 0 Å². The molecular weight excluding hydrogens is 526 g/mol. The topological polar surface area (TPSA) is 81.2 Å². The van der Waals surface area contributed by atoms with Crippen molar-refractivity contribution < 1.29 is 0 Å². The van der Waals surface area contributed by atoms with E-state index in [4.69, 9.17) is 4.98 Å². The number of benzene rings is 5. The maximum atomic E-state index is 9.73. The third-order valence-corrected chi connectivity index (χ3v) is 7.85. The highest BCUT2D eigenvalue weighted by Gasteiger charge is 2.17. The lowest BCUT2D eigenvalue weighted by Gasteiger charge is -2.08. The number of allylic oxidation sites excluding steroid dienone is 2. The van der Waals surface area contributed by atoms with Crippen LogP contribution in [-0.4, -0.2) is 14.5 Å². The Morgan fingerprint density at radius 3 is 2.33 bits per heavy atom. The number of aromatic nitrogens is 3. The molecule has 0 aliphatic carbocycles. The molecule has 0 fully saturated rings. The first kappa shape index (κ1) is 25.8. The zero-order valence-corrected chi connectivity index (χ0v) is 23.3. The van der Waals surface area contributed by atoms with Gasteiger partial charge in [0.2, 0.25) is 0 Å². The van der Waals surface area contributed by atoms with E-state index in [1.807, 2.05) is 54.6 Å². The number of imidazole rings is 1. The summed E-state index contributed by atoms with van der Waals surface area (Å²) in [5.41, 5.74) is 8.27. The van der Waals surface area contributed by atoms with Gasteiger partial charge in [0.25, 0.3) is 0 Å². The van der Waals surface area contributed by atoms with E-state index in [1.54, 1.807) is 0 Å². The Bertz CT molecular complexity index is 2290. The maximum absolute atomic E-state index is 9.73. The molecule has 0 atom stereocenters. The predicted molar refractivity (Wildman–Crippen MR) is 174 cm³/mol. The van der Waals surface area contributed by atoms with Gasteiger partial charge in [-0.3, -0.25) is 0 Å². The molecule has 7 aromatic rings. The van der Waals surface area contributed by atoms with Gasteiger partial charge in [0.15, 0.2) is 0 Å². The quantitative estimate of drug-likeness (QED) is 0.165. The summed E-state index contributed by atoms with van der Waals surface area (Å²) in [7, 11) is 0. The summed E-state index contributed by atoms with van der Waals surface area (Å²) >= 11 is 0. The molecule has 7 rings (SSSR count). The number of hydrogen-bond acceptors (Lipinski definition) is 3. The predicted octanol–water partition coefficient (Wildman–Crippen LogP) is 9.04. The molecule has 1 N–H and O–H groups in total. The van der Waals surface area contributed by atoms with Crippen LogP contribution in [0.3, 0.4) is 0 Å². The fraction of sp³-hybridized carbons (Fsp3) is 0.0263. The second-order valence-electron chi connectivity index (χ2n) is 10.4. The van der Waals surface area contributed by atoms with Crippen molar-refractivity contribution in [3.8, 4) is 34.7 Å². The molecule has 0 aliphatic heterocycles. The summed E-state index contributed by atoms with van der Waals surface area (Å²) in [4.78, 5) is 8.49. The summed E-state index contributed by atoms with van der Waals surface area (Å²) in [6.45, 7) is 4.63. The molecule has 5 heteroatoms. The van der Waals surface area contributed by atoms with E-state index in [-0.39, 0.29) is 5.57 Å². The Hall–Kier alpha value is -6.17. The lowest BCUT2D eigenvalue weighted by Crippen LogP contribution is -1.92. The van der Waals surface area contributed by atoms with Crippen LogP contribution in [0.15, 0.2) is 134 Å². The van der Waals surface area contributed by atoms with Gasteiger partial charge in [-0.1, -0.05) is 84.9 Å². The van der Waals surface area contributed by atoms with Gasteiger partial charge in [-0.25, -0.2) is 4.98 Å². The molecule has 202 valence electrons. The van der Waals surface area contributed by atoms with Crippen molar-refractivity contribution in [2.24, 2.45) is 0 Å². The van der Waals surface area contributed by atoms with Gasteiger partial charge in [0.1, 0.15) is 23.5 Å². The fourth-order valence-electron chi connectivity index (χ4n) is 5.81. The molecule has 43 heavy (non-hydrogen) atoms. The van der Waals surface area contributed by atoms with E-state index >= 15 is 0 Å². The normalized spacial score (nSPS) is 10.9. The molecule has 2 heterocycles. The van der Waals surface area contributed by atoms with Crippen molar-refractivity contribution in [3.63, 3.8) is 0 Å². The average molecular weight is 552 g/mol. The molecule has 0 amide bonds. The van der Waals surface area contributed by atoms with Gasteiger partial charge in [-0.2, -0.15) is 10.5 Å². The smallest absolute Gasteiger partial charge is 0.140 e. The first-order valence-corrected chi connectivity index (χ1v) is 14.0. The van der Waals surface area contributed by atoms with Crippen LogP contribution in [0.4, 0.5) is 0 Å². The maximum Gasteiger partial charge on any atom is 0.140 e. The van der Waals surface area contributed by atoms with Crippen LogP contribution in [0.1, 0.15) is 11.1 Å². The van der Waals surface area contributed by atoms with E-state index in [0.29, 0.717) is 12.1 Å². The molecule has 0 bridgehead atoms. The molecule has 0 saturated carbocycles. The summed E-state index contributed by atoms with van der Waals surface area (Å²) in [5, 5.41) is 23.0. The number of nitrogens with zero attached hydrogens (tertiary/aromatic N) is 4. The third-order valence-electron chi connectivity index (χ3n) is 7.85. The number of hydrogen-bond donors (Lipinski definition) is 1. The number of nitriles is 2. The number of fused-ring (bicyclic) bond motifs is 3. The van der Waals surface area contributed by atoms with Crippen LogP contribution < -0.4 is 0 Å². The van der Waals surface area contributed by atoms with Gasteiger partial charge in [-0.05, 0) is 63.4 Å². The molecule has 2 aromatic heterocycles. The molecule has 5 nitrogen and oxygen atoms in total. The van der Waals surface area contributed by atoms with Gasteiger partial charge < -0.3 is 9.55 Å². The van der Waals surface area contributed by atoms with E-state index in [2.05, 4.69) is 95.1 Å². The summed E-state index contributed by atoms with van der Waals surface area (Å²) in [5.74, 6) is 0.752. The molecular formula is C38H25N5. The Morgan fingerprint density at radius 1 is 0.791 bits per heavy atom. The van der Waals surface area contributed by atoms with Crippen molar-refractivity contribution in [1.29, 1.82) is 10.5 Å². The SMILES string of the molecule is C=CCn1cc(-c2nc3ccc(C(=C(C#N)C#N)c4ccccc4)cc3[nH]2)c2cc(-c3ccc4ccccc4c3)ccc21. The summed E-state index contributed by atoms with van der Waals surface area (Å²) in [6.07, 6.45) is 4.01. The summed E-state index contributed by atoms with van der Waals surface area (Å²) in [6, 6.07) is 41.0. The van der Waals surface area contributed by atoms with E-state index in [1.165, 1.54) is 10.8 Å². The lowest BCUT2D eigenvalue weighted by atomic mass is 9.93. The monoisotopic (exact) mass is 551 g/mol. The number of nitrogens with one attached hydrogen (secondary N) is 1. The summed E-state index contributed by atoms with van der Waals surface area (Å²) < 4.78 is 2.18. The molecule has 0 unspecified atom stereocenters. The second kappa shape index (κ2) is 10.7. The highest BCUT2D eigenvalue weighted by Crippen LogP contribution is 2.35. The van der Waals surface area contributed by atoms with Gasteiger partial charge in [0, 0.05) is 34.8 Å². The fourth-order valence-corrected chi connectivity index (χ4v) is 5.81. The molecule has 5 aromatic carbocycles. The van der Waals surface area contributed by atoms with Crippen molar-refractivity contribution in [2.45, 2.75) is 6.54 Å². The van der Waals surface area contributed by atoms with Crippen LogP contribution in [0.2, 0.25) is 0 Å². The van der Waals surface area contributed by atoms with Crippen molar-refractivity contribution in [3.05, 3.63) is 145 Å². The second-order valence-corrected chi connectivity index (χ2v) is 10.4. The van der Waals surface area contributed by atoms with Crippen molar-refractivity contribution in [2.75, 3.05) is 0 Å². The van der Waals surface area contributed by atoms with Crippen LogP contribution in [0, 0.1) is 22.7 Å². The van der Waals surface area contributed by atoms with Crippen LogP contribution in [0.25, 0.3) is 60.8 Å². The van der Waals surface area contributed by atoms with Crippen LogP contribution in [-0.2, 0) is 6.54 Å². The Kier molecular flexibility index (Phi) is 6.39. The molecule has 0 radical (unpaired) electrons. The Morgan fingerprint density at radius 2 is 1.53 bits per heavy atom. The number of H-pyrrole nitrogens is 1. The van der Waals surface area contributed by atoms with E-state index < -0.39 is 0 Å². The molecule has 0 saturated heterocycles. The zero-order chi connectivity index (χ0) is 29.3. The third kappa shape index (κ3) is 4.56. The standard InChI is InChI=1S/C38H25N5/c1-2-18-43-24-33(32-20-29(15-17-36(32)43)28-13-12-25-8-6-7-11-27(25)19-28)38-41-34-16-14-30(21-35(34)42-38)37(31(22-39)23-40)26-9-4-3-5-10-26/h2-17,19-21,24H,1,18H2,(H,41,42). The van der Waals surface area contributed by atoms with Gasteiger partial charge >= 0.3 is 0 Å².